The molecule has 3 N–H and O–H groups in total. The molecule has 1 aromatic carbocycles. The number of imide groups is 1. The molecule has 1 aliphatic heterocycles. The third-order valence-electron chi connectivity index (χ3n) is 4.66. The molecule has 1 aliphatic rings. The zero-order valence-corrected chi connectivity index (χ0v) is 15.5. The van der Waals surface area contributed by atoms with Crippen LogP contribution in [0, 0.1) is 0 Å². The monoisotopic (exact) mass is 379 g/mol. The third kappa shape index (κ3) is 3.42. The standard InChI is InChI=1S/C17H21N5O3.ClH/c1-3-17(4-2)15(23)22(16(24)20-17)10-13-19-14(21-25-13)12-7-5-11(9-18)6-8-12;/h5-8H,3-4,9-10,18H2,1-2H3,(H,20,24);1H. The zero-order valence-electron chi connectivity index (χ0n) is 14.7. The van der Waals surface area contributed by atoms with Gasteiger partial charge >= 0.3 is 6.03 Å². The van der Waals surface area contributed by atoms with Crippen LogP contribution in [0.25, 0.3) is 11.4 Å². The highest BCUT2D eigenvalue weighted by Gasteiger charge is 2.49. The molecule has 1 saturated heterocycles. The van der Waals surface area contributed by atoms with E-state index in [2.05, 4.69) is 15.5 Å². The fourth-order valence-electron chi connectivity index (χ4n) is 2.91. The summed E-state index contributed by atoms with van der Waals surface area (Å²) in [6.07, 6.45) is 1.07. The number of carbonyl (C=O) groups excluding carboxylic acids is 2. The summed E-state index contributed by atoms with van der Waals surface area (Å²) in [4.78, 5) is 30.2. The van der Waals surface area contributed by atoms with Crippen molar-refractivity contribution < 1.29 is 14.1 Å². The quantitative estimate of drug-likeness (QED) is 0.744. The van der Waals surface area contributed by atoms with Gasteiger partial charge in [-0.15, -0.1) is 12.4 Å². The molecule has 3 amide bonds. The molecule has 2 aromatic rings. The minimum Gasteiger partial charge on any atom is -0.337 e. The summed E-state index contributed by atoms with van der Waals surface area (Å²) in [5.74, 6) is 0.363. The number of aromatic nitrogens is 2. The van der Waals surface area contributed by atoms with E-state index in [1.807, 2.05) is 38.1 Å². The lowest BCUT2D eigenvalue weighted by Gasteiger charge is -2.22. The van der Waals surface area contributed by atoms with Crippen LogP contribution in [0.4, 0.5) is 4.79 Å². The molecule has 140 valence electrons. The van der Waals surface area contributed by atoms with E-state index in [0.29, 0.717) is 25.2 Å². The van der Waals surface area contributed by atoms with Gasteiger partial charge in [0.2, 0.25) is 11.7 Å². The van der Waals surface area contributed by atoms with Crippen molar-refractivity contribution in [2.45, 2.75) is 45.3 Å². The number of carbonyl (C=O) groups is 2. The topological polar surface area (TPSA) is 114 Å². The van der Waals surface area contributed by atoms with Gasteiger partial charge in [0.1, 0.15) is 12.1 Å². The highest BCUT2D eigenvalue weighted by molar-refractivity contribution is 6.06. The summed E-state index contributed by atoms with van der Waals surface area (Å²) < 4.78 is 5.21. The summed E-state index contributed by atoms with van der Waals surface area (Å²) in [6, 6.07) is 7.05. The SMILES string of the molecule is CCC1(CC)NC(=O)N(Cc2nc(-c3ccc(CN)cc3)no2)C1=O.Cl. The molecular formula is C17H22ClN5O3. The molecule has 3 rings (SSSR count). The first-order valence-electron chi connectivity index (χ1n) is 8.29. The predicted octanol–water partition coefficient (Wildman–Crippen LogP) is 2.23. The Hall–Kier alpha value is -2.45. The van der Waals surface area contributed by atoms with Gasteiger partial charge in [-0.2, -0.15) is 4.98 Å². The molecule has 1 fully saturated rings. The van der Waals surface area contributed by atoms with Crippen LogP contribution in [0.3, 0.4) is 0 Å². The molecule has 2 heterocycles. The van der Waals surface area contributed by atoms with Crippen molar-refractivity contribution in [2.24, 2.45) is 5.73 Å². The van der Waals surface area contributed by atoms with Crippen LogP contribution < -0.4 is 11.1 Å². The molecule has 0 radical (unpaired) electrons. The second-order valence-electron chi connectivity index (χ2n) is 6.02. The largest absolute Gasteiger partial charge is 0.337 e. The Morgan fingerprint density at radius 3 is 2.38 bits per heavy atom. The maximum Gasteiger partial charge on any atom is 0.325 e. The Bertz CT molecular complexity index is 786. The van der Waals surface area contributed by atoms with E-state index >= 15 is 0 Å². The highest BCUT2D eigenvalue weighted by atomic mass is 35.5. The number of hydrogen-bond acceptors (Lipinski definition) is 6. The normalized spacial score (nSPS) is 15.7. The van der Waals surface area contributed by atoms with E-state index in [9.17, 15) is 9.59 Å². The number of nitrogens with two attached hydrogens (primary N) is 1. The van der Waals surface area contributed by atoms with Crippen LogP contribution in [-0.2, 0) is 17.9 Å². The first kappa shape index (κ1) is 19.9. The number of nitrogens with one attached hydrogen (secondary N) is 1. The van der Waals surface area contributed by atoms with Gasteiger partial charge in [-0.1, -0.05) is 43.3 Å². The fourth-order valence-corrected chi connectivity index (χ4v) is 2.91. The van der Waals surface area contributed by atoms with Crippen LogP contribution in [0.5, 0.6) is 0 Å². The Labute approximate surface area is 157 Å². The molecule has 0 atom stereocenters. The number of amides is 3. The van der Waals surface area contributed by atoms with Crippen LogP contribution >= 0.6 is 12.4 Å². The first-order chi connectivity index (χ1) is 12.0. The van der Waals surface area contributed by atoms with Crippen molar-refractivity contribution in [3.8, 4) is 11.4 Å². The fraction of sp³-hybridized carbons (Fsp3) is 0.412. The zero-order chi connectivity index (χ0) is 18.0. The number of hydrogen-bond donors (Lipinski definition) is 2. The van der Waals surface area contributed by atoms with Crippen molar-refractivity contribution in [1.82, 2.24) is 20.4 Å². The number of halogens is 1. The van der Waals surface area contributed by atoms with Gasteiger partial charge in [0, 0.05) is 12.1 Å². The summed E-state index contributed by atoms with van der Waals surface area (Å²) in [5.41, 5.74) is 6.53. The Kier molecular flexibility index (Phi) is 5.99. The van der Waals surface area contributed by atoms with Crippen molar-refractivity contribution >= 4 is 24.3 Å². The molecule has 0 bridgehead atoms. The predicted molar refractivity (Wildman–Crippen MR) is 97.3 cm³/mol. The van der Waals surface area contributed by atoms with E-state index in [4.69, 9.17) is 10.3 Å². The van der Waals surface area contributed by atoms with Crippen LogP contribution in [0.2, 0.25) is 0 Å². The van der Waals surface area contributed by atoms with Gasteiger partial charge in [-0.3, -0.25) is 9.69 Å². The second-order valence-corrected chi connectivity index (χ2v) is 6.02. The van der Waals surface area contributed by atoms with Gasteiger partial charge in [-0.25, -0.2) is 4.79 Å². The molecule has 26 heavy (non-hydrogen) atoms. The van der Waals surface area contributed by atoms with Gasteiger partial charge in [0.25, 0.3) is 5.91 Å². The maximum absolute atomic E-state index is 12.6. The summed E-state index contributed by atoms with van der Waals surface area (Å²) >= 11 is 0. The second kappa shape index (κ2) is 7.84. The summed E-state index contributed by atoms with van der Waals surface area (Å²) in [6.45, 7) is 4.17. The van der Waals surface area contributed by atoms with Crippen molar-refractivity contribution in [3.63, 3.8) is 0 Å². The van der Waals surface area contributed by atoms with Crippen molar-refractivity contribution in [1.29, 1.82) is 0 Å². The Balaban J connectivity index is 0.00000243. The van der Waals surface area contributed by atoms with Crippen LogP contribution in [-0.4, -0.2) is 32.5 Å². The average Bonchev–Trinajstić information content (AvgIpc) is 3.20. The van der Waals surface area contributed by atoms with Gasteiger partial charge in [-0.05, 0) is 18.4 Å². The smallest absolute Gasteiger partial charge is 0.325 e. The minimum absolute atomic E-state index is 0. The number of urea groups is 1. The maximum atomic E-state index is 12.6. The summed E-state index contributed by atoms with van der Waals surface area (Å²) in [7, 11) is 0. The van der Waals surface area contributed by atoms with Crippen LogP contribution in [0.1, 0.15) is 38.1 Å². The minimum atomic E-state index is -0.835. The van der Waals surface area contributed by atoms with Gasteiger partial charge in [0.05, 0.1) is 0 Å². The summed E-state index contributed by atoms with van der Waals surface area (Å²) in [5, 5.41) is 6.70. The Morgan fingerprint density at radius 1 is 1.19 bits per heavy atom. The number of rotatable bonds is 6. The molecular weight excluding hydrogens is 358 g/mol. The highest BCUT2D eigenvalue weighted by Crippen LogP contribution is 2.26. The molecule has 1 aromatic heterocycles. The van der Waals surface area contributed by atoms with E-state index in [0.717, 1.165) is 16.0 Å². The molecule has 0 aliphatic carbocycles. The lowest BCUT2D eigenvalue weighted by Crippen LogP contribution is -2.45. The molecule has 0 saturated carbocycles. The van der Waals surface area contributed by atoms with Crippen molar-refractivity contribution in [3.05, 3.63) is 35.7 Å². The number of nitrogens with zero attached hydrogens (tertiary/aromatic N) is 3. The molecule has 9 heteroatoms. The van der Waals surface area contributed by atoms with E-state index in [1.165, 1.54) is 0 Å². The lowest BCUT2D eigenvalue weighted by molar-refractivity contribution is -0.132. The lowest BCUT2D eigenvalue weighted by atomic mass is 9.93. The molecule has 0 unspecified atom stereocenters. The van der Waals surface area contributed by atoms with Crippen molar-refractivity contribution in [2.75, 3.05) is 0 Å². The molecule has 8 nitrogen and oxygen atoms in total. The Morgan fingerprint density at radius 2 is 1.85 bits per heavy atom. The van der Waals surface area contributed by atoms with E-state index in [1.54, 1.807) is 0 Å². The average molecular weight is 380 g/mol. The first-order valence-corrected chi connectivity index (χ1v) is 8.29. The van der Waals surface area contributed by atoms with E-state index in [-0.39, 0.29) is 30.7 Å². The van der Waals surface area contributed by atoms with Gasteiger partial charge < -0.3 is 15.6 Å². The molecule has 0 spiro atoms. The number of benzene rings is 1. The van der Waals surface area contributed by atoms with Gasteiger partial charge in [0.15, 0.2) is 0 Å². The van der Waals surface area contributed by atoms with E-state index < -0.39 is 11.6 Å². The third-order valence-corrected chi connectivity index (χ3v) is 4.66. The van der Waals surface area contributed by atoms with Crippen LogP contribution in [0.15, 0.2) is 28.8 Å².